The normalized spacial score (nSPS) is 11.3. The summed E-state index contributed by atoms with van der Waals surface area (Å²) in [6.45, 7) is 1.84. The van der Waals surface area contributed by atoms with Gasteiger partial charge in [0.2, 0.25) is 15.9 Å². The highest BCUT2D eigenvalue weighted by atomic mass is 32.1. The summed E-state index contributed by atoms with van der Waals surface area (Å²) in [5.74, 6) is -0.0551. The number of nitrogens with zero attached hydrogens (tertiary/aromatic N) is 8. The fourth-order valence-corrected chi connectivity index (χ4v) is 2.44. The van der Waals surface area contributed by atoms with Crippen LogP contribution in [0.15, 0.2) is 18.6 Å². The molecule has 0 bridgehead atoms. The number of rotatable bonds is 2. The minimum absolute atomic E-state index is 0.0269. The van der Waals surface area contributed by atoms with Crippen LogP contribution in [-0.4, -0.2) is 45.3 Å². The minimum atomic E-state index is -0.455. The number of aromatic nitrogens is 8. The maximum atomic E-state index is 12.1. The lowest BCUT2D eigenvalue weighted by Crippen LogP contribution is -2.14. The van der Waals surface area contributed by atoms with Crippen LogP contribution in [0.2, 0.25) is 0 Å². The number of fused-ring (bicyclic) bond motifs is 2. The van der Waals surface area contributed by atoms with E-state index < -0.39 is 5.91 Å². The van der Waals surface area contributed by atoms with Crippen LogP contribution in [0.3, 0.4) is 0 Å². The molecule has 0 fully saturated rings. The van der Waals surface area contributed by atoms with Crippen molar-refractivity contribution in [3.05, 3.63) is 30.1 Å². The van der Waals surface area contributed by atoms with Crippen molar-refractivity contribution in [1.29, 1.82) is 0 Å². The Morgan fingerprint density at radius 2 is 2.19 bits per heavy atom. The molecular formula is C10H7N9OS. The lowest BCUT2D eigenvalue weighted by Gasteiger charge is -1.94. The van der Waals surface area contributed by atoms with Gasteiger partial charge in [-0.05, 0) is 13.0 Å². The number of anilines is 1. The van der Waals surface area contributed by atoms with Gasteiger partial charge in [0.05, 0.1) is 0 Å². The highest BCUT2D eigenvalue weighted by Gasteiger charge is 2.16. The van der Waals surface area contributed by atoms with Crippen LogP contribution in [0.5, 0.6) is 0 Å². The summed E-state index contributed by atoms with van der Waals surface area (Å²) >= 11 is 1.20. The lowest BCUT2D eigenvalue weighted by molar-refractivity contribution is 0.101. The number of carbonyl (C=O) groups excluding carboxylic acids is 1. The lowest BCUT2D eigenvalue weighted by atomic mass is 10.5. The van der Waals surface area contributed by atoms with Crippen molar-refractivity contribution in [2.75, 3.05) is 5.32 Å². The molecule has 4 aromatic heterocycles. The van der Waals surface area contributed by atoms with Crippen LogP contribution < -0.4 is 5.32 Å². The predicted octanol–water partition coefficient (Wildman–Crippen LogP) is 0.184. The van der Waals surface area contributed by atoms with Crippen molar-refractivity contribution in [2.24, 2.45) is 0 Å². The maximum absolute atomic E-state index is 12.1. The molecule has 0 aliphatic rings. The van der Waals surface area contributed by atoms with E-state index in [0.717, 1.165) is 5.69 Å². The largest absolute Gasteiger partial charge is 0.297 e. The summed E-state index contributed by atoms with van der Waals surface area (Å²) in [7, 11) is 0. The third kappa shape index (κ3) is 1.99. The zero-order valence-electron chi connectivity index (χ0n) is 10.6. The summed E-state index contributed by atoms with van der Waals surface area (Å²) in [4.78, 5) is 21.0. The molecule has 0 aromatic carbocycles. The molecule has 104 valence electrons. The van der Waals surface area contributed by atoms with Crippen molar-refractivity contribution in [2.45, 2.75) is 6.92 Å². The number of aryl methyl sites for hydroxylation is 1. The molecule has 0 aliphatic heterocycles. The van der Waals surface area contributed by atoms with Gasteiger partial charge >= 0.3 is 0 Å². The summed E-state index contributed by atoms with van der Waals surface area (Å²) in [5, 5.41) is 18.7. The summed E-state index contributed by atoms with van der Waals surface area (Å²) in [6, 6.07) is 1.78. The average molecular weight is 301 g/mol. The number of nitrogens with one attached hydrogen (secondary N) is 1. The molecule has 1 amide bonds. The third-order valence-corrected chi connectivity index (χ3v) is 3.49. The molecule has 1 N–H and O–H groups in total. The van der Waals surface area contributed by atoms with E-state index in [9.17, 15) is 4.79 Å². The highest BCUT2D eigenvalue weighted by molar-refractivity contribution is 7.20. The van der Waals surface area contributed by atoms with E-state index in [4.69, 9.17) is 0 Å². The standard InChI is InChI=1S/C10H7N9OS/c1-5-2-3-18-8(12-5)13-6(16-18)7(20)14-9-17-19-4-11-15-10(19)21-9/h2-4H,1H3,(H,14,17,20). The molecule has 11 heteroatoms. The molecule has 0 aliphatic carbocycles. The molecule has 4 rings (SSSR count). The Hall–Kier alpha value is -2.95. The first-order valence-corrected chi connectivity index (χ1v) is 6.69. The van der Waals surface area contributed by atoms with E-state index in [-0.39, 0.29) is 5.82 Å². The molecule has 0 saturated carbocycles. The molecule has 0 unspecified atom stereocenters. The van der Waals surface area contributed by atoms with Gasteiger partial charge in [-0.25, -0.2) is 9.50 Å². The van der Waals surface area contributed by atoms with Crippen molar-refractivity contribution >= 4 is 33.1 Å². The Kier molecular flexibility index (Phi) is 2.41. The second kappa shape index (κ2) is 4.28. The summed E-state index contributed by atoms with van der Waals surface area (Å²) < 4.78 is 2.92. The fourth-order valence-electron chi connectivity index (χ4n) is 1.72. The quantitative estimate of drug-likeness (QED) is 0.561. The van der Waals surface area contributed by atoms with Crippen molar-refractivity contribution < 1.29 is 4.79 Å². The van der Waals surface area contributed by atoms with Crippen LogP contribution in [0, 0.1) is 6.92 Å². The number of hydrogen-bond donors (Lipinski definition) is 1. The number of amides is 1. The number of hydrogen-bond acceptors (Lipinski definition) is 8. The Morgan fingerprint density at radius 1 is 1.29 bits per heavy atom. The van der Waals surface area contributed by atoms with Crippen LogP contribution in [0.4, 0.5) is 5.13 Å². The third-order valence-electron chi connectivity index (χ3n) is 2.66. The topological polar surface area (TPSA) is 115 Å². The second-order valence-corrected chi connectivity index (χ2v) is 5.12. The zero-order chi connectivity index (χ0) is 14.4. The molecule has 4 aromatic rings. The molecule has 4 heterocycles. The number of carbonyl (C=O) groups is 1. The first kappa shape index (κ1) is 11.8. The molecule has 10 nitrogen and oxygen atoms in total. The molecule has 0 atom stereocenters. The van der Waals surface area contributed by atoms with Gasteiger partial charge in [-0.1, -0.05) is 11.3 Å². The van der Waals surface area contributed by atoms with Crippen molar-refractivity contribution in [1.82, 2.24) is 39.4 Å². The highest BCUT2D eigenvalue weighted by Crippen LogP contribution is 2.17. The Balaban J connectivity index is 1.64. The van der Waals surface area contributed by atoms with E-state index in [0.29, 0.717) is 15.9 Å². The molecule has 0 saturated heterocycles. The molecule has 0 radical (unpaired) electrons. The Labute approximate surface area is 120 Å². The first-order chi connectivity index (χ1) is 10.2. The van der Waals surface area contributed by atoms with Gasteiger partial charge in [0.1, 0.15) is 6.33 Å². The Morgan fingerprint density at radius 3 is 3.05 bits per heavy atom. The van der Waals surface area contributed by atoms with Gasteiger partial charge in [-0.2, -0.15) is 9.50 Å². The Bertz CT molecular complexity index is 939. The average Bonchev–Trinajstić information content (AvgIpc) is 3.10. The molecule has 0 spiro atoms. The van der Waals surface area contributed by atoms with Crippen LogP contribution in [0.1, 0.15) is 16.3 Å². The maximum Gasteiger partial charge on any atom is 0.297 e. The van der Waals surface area contributed by atoms with Crippen LogP contribution >= 0.6 is 11.3 Å². The van der Waals surface area contributed by atoms with E-state index in [2.05, 4.69) is 35.7 Å². The van der Waals surface area contributed by atoms with Crippen LogP contribution in [0.25, 0.3) is 10.7 Å². The van der Waals surface area contributed by atoms with Gasteiger partial charge in [-0.15, -0.1) is 20.4 Å². The van der Waals surface area contributed by atoms with Gasteiger partial charge < -0.3 is 0 Å². The predicted molar refractivity (Wildman–Crippen MR) is 72.1 cm³/mol. The monoisotopic (exact) mass is 301 g/mol. The van der Waals surface area contributed by atoms with E-state index >= 15 is 0 Å². The van der Waals surface area contributed by atoms with Gasteiger partial charge in [0.25, 0.3) is 11.7 Å². The SMILES string of the molecule is Cc1ccn2nc(C(=O)Nc3nn4cnnc4s3)nc2n1. The van der Waals surface area contributed by atoms with Gasteiger partial charge in [-0.3, -0.25) is 10.1 Å². The first-order valence-electron chi connectivity index (χ1n) is 5.87. The molecule has 21 heavy (non-hydrogen) atoms. The van der Waals surface area contributed by atoms with Crippen molar-refractivity contribution in [3.8, 4) is 0 Å². The summed E-state index contributed by atoms with van der Waals surface area (Å²) in [5.41, 5.74) is 0.801. The van der Waals surface area contributed by atoms with E-state index in [1.54, 1.807) is 12.3 Å². The van der Waals surface area contributed by atoms with E-state index in [1.165, 1.54) is 26.7 Å². The van der Waals surface area contributed by atoms with Crippen molar-refractivity contribution in [3.63, 3.8) is 0 Å². The smallest absolute Gasteiger partial charge is 0.294 e. The van der Waals surface area contributed by atoms with E-state index in [1.807, 2.05) is 6.92 Å². The van der Waals surface area contributed by atoms with Gasteiger partial charge in [0, 0.05) is 11.9 Å². The molecular weight excluding hydrogens is 294 g/mol. The minimum Gasteiger partial charge on any atom is -0.294 e. The fraction of sp³-hybridized carbons (Fsp3) is 0.100. The van der Waals surface area contributed by atoms with Gasteiger partial charge in [0.15, 0.2) is 0 Å². The van der Waals surface area contributed by atoms with Crippen LogP contribution in [-0.2, 0) is 0 Å². The zero-order valence-corrected chi connectivity index (χ0v) is 11.4. The second-order valence-electron chi connectivity index (χ2n) is 4.17. The summed E-state index contributed by atoms with van der Waals surface area (Å²) in [6.07, 6.45) is 3.15.